The fourth-order valence-electron chi connectivity index (χ4n) is 1.69. The minimum atomic E-state index is -3.54. The first kappa shape index (κ1) is 13.5. The van der Waals surface area contributed by atoms with Crippen LogP contribution in [0.3, 0.4) is 0 Å². The predicted molar refractivity (Wildman–Crippen MR) is 68.6 cm³/mol. The Labute approximate surface area is 113 Å². The molecule has 2 N–H and O–H groups in total. The summed E-state index contributed by atoms with van der Waals surface area (Å²) in [6.07, 6.45) is 0.540. The van der Waals surface area contributed by atoms with Crippen molar-refractivity contribution in [2.75, 3.05) is 6.54 Å². The molecule has 0 unspecified atom stereocenters. The lowest BCUT2D eigenvalue weighted by Crippen LogP contribution is -2.26. The molecule has 0 bridgehead atoms. The molecule has 18 heavy (non-hydrogen) atoms. The summed E-state index contributed by atoms with van der Waals surface area (Å²) in [6, 6.07) is 6.28. The topological polar surface area (TPSA) is 83.5 Å². The van der Waals surface area contributed by atoms with Crippen LogP contribution in [-0.2, 0) is 14.8 Å². The molecule has 98 valence electrons. The normalized spacial score (nSPS) is 22.7. The van der Waals surface area contributed by atoms with Crippen molar-refractivity contribution < 1.29 is 18.3 Å². The lowest BCUT2D eigenvalue weighted by Gasteiger charge is -2.06. The third-order valence-electron chi connectivity index (χ3n) is 2.90. The van der Waals surface area contributed by atoms with E-state index < -0.39 is 21.9 Å². The van der Waals surface area contributed by atoms with Crippen molar-refractivity contribution in [1.29, 1.82) is 0 Å². The van der Waals surface area contributed by atoms with E-state index in [9.17, 15) is 13.2 Å². The lowest BCUT2D eigenvalue weighted by atomic mass is 10.3. The molecule has 5 nitrogen and oxygen atoms in total. The Balaban J connectivity index is 1.96. The average molecular weight is 334 g/mol. The van der Waals surface area contributed by atoms with Crippen LogP contribution < -0.4 is 4.72 Å². The maximum atomic E-state index is 11.9. The number of halogens is 1. The molecular weight excluding hydrogens is 322 g/mol. The minimum Gasteiger partial charge on any atom is -0.481 e. The van der Waals surface area contributed by atoms with E-state index in [0.717, 1.165) is 4.47 Å². The van der Waals surface area contributed by atoms with Gasteiger partial charge in [0.15, 0.2) is 0 Å². The van der Waals surface area contributed by atoms with Gasteiger partial charge in [-0.25, -0.2) is 13.1 Å². The number of carboxylic acids is 1. The second-order valence-corrected chi connectivity index (χ2v) is 6.93. The highest BCUT2D eigenvalue weighted by Crippen LogP contribution is 2.38. The summed E-state index contributed by atoms with van der Waals surface area (Å²) in [4.78, 5) is 10.8. The Morgan fingerprint density at radius 2 is 2.00 bits per heavy atom. The number of carbonyl (C=O) groups is 1. The van der Waals surface area contributed by atoms with Crippen LogP contribution in [0.5, 0.6) is 0 Å². The van der Waals surface area contributed by atoms with Gasteiger partial charge in [-0.1, -0.05) is 15.9 Å². The molecule has 2 rings (SSSR count). The van der Waals surface area contributed by atoms with Gasteiger partial charge in [-0.05, 0) is 36.6 Å². The molecular formula is C11H12BrNO4S. The van der Waals surface area contributed by atoms with E-state index in [4.69, 9.17) is 5.11 Å². The van der Waals surface area contributed by atoms with E-state index in [-0.39, 0.29) is 17.4 Å². The molecule has 0 radical (unpaired) electrons. The molecule has 1 aromatic carbocycles. The van der Waals surface area contributed by atoms with Gasteiger partial charge in [0.05, 0.1) is 10.8 Å². The Kier molecular flexibility index (Phi) is 3.74. The van der Waals surface area contributed by atoms with Gasteiger partial charge in [-0.3, -0.25) is 4.79 Å². The summed E-state index contributed by atoms with van der Waals surface area (Å²) < 4.78 is 27.0. The average Bonchev–Trinajstić information content (AvgIpc) is 3.06. The fourth-order valence-corrected chi connectivity index (χ4v) is 3.05. The first-order chi connectivity index (χ1) is 8.40. The highest BCUT2D eigenvalue weighted by molar-refractivity contribution is 9.10. The fraction of sp³-hybridized carbons (Fsp3) is 0.364. The molecule has 7 heteroatoms. The van der Waals surface area contributed by atoms with Gasteiger partial charge in [0.25, 0.3) is 0 Å². The molecule has 1 aromatic rings. The van der Waals surface area contributed by atoms with E-state index in [1.807, 2.05) is 0 Å². The molecule has 0 saturated heterocycles. The molecule has 0 amide bonds. The zero-order valence-electron chi connectivity index (χ0n) is 9.34. The number of benzene rings is 1. The van der Waals surface area contributed by atoms with E-state index in [1.54, 1.807) is 12.1 Å². The lowest BCUT2D eigenvalue weighted by molar-refractivity contribution is -0.138. The summed E-state index contributed by atoms with van der Waals surface area (Å²) in [5.41, 5.74) is 0. The van der Waals surface area contributed by atoms with Gasteiger partial charge in [0.1, 0.15) is 0 Å². The Morgan fingerprint density at radius 3 is 2.50 bits per heavy atom. The molecule has 1 saturated carbocycles. The summed E-state index contributed by atoms with van der Waals surface area (Å²) in [6.45, 7) is 0.176. The molecule has 0 aliphatic heterocycles. The molecule has 1 aliphatic rings. The van der Waals surface area contributed by atoms with E-state index in [0.29, 0.717) is 6.42 Å². The molecule has 1 aliphatic carbocycles. The Morgan fingerprint density at radius 1 is 1.39 bits per heavy atom. The molecule has 0 heterocycles. The van der Waals surface area contributed by atoms with Gasteiger partial charge in [-0.15, -0.1) is 0 Å². The van der Waals surface area contributed by atoms with Crippen LogP contribution in [0.2, 0.25) is 0 Å². The van der Waals surface area contributed by atoms with Crippen LogP contribution in [0.15, 0.2) is 33.6 Å². The highest BCUT2D eigenvalue weighted by atomic mass is 79.9. The first-order valence-electron chi connectivity index (χ1n) is 5.38. The highest BCUT2D eigenvalue weighted by Gasteiger charge is 2.43. The van der Waals surface area contributed by atoms with Crippen molar-refractivity contribution in [3.05, 3.63) is 28.7 Å². The number of hydrogen-bond donors (Lipinski definition) is 2. The summed E-state index contributed by atoms with van der Waals surface area (Å²) >= 11 is 3.23. The molecule has 0 aromatic heterocycles. The maximum Gasteiger partial charge on any atom is 0.306 e. The Bertz CT molecular complexity index is 555. The number of nitrogens with one attached hydrogen (secondary N) is 1. The summed E-state index contributed by atoms with van der Waals surface area (Å²) in [7, 11) is -3.54. The van der Waals surface area contributed by atoms with Crippen LogP contribution in [0.25, 0.3) is 0 Å². The third kappa shape index (κ3) is 3.09. The van der Waals surface area contributed by atoms with Crippen molar-refractivity contribution in [2.45, 2.75) is 11.3 Å². The van der Waals surface area contributed by atoms with Crippen LogP contribution in [0, 0.1) is 11.8 Å². The van der Waals surface area contributed by atoms with Crippen LogP contribution in [0.1, 0.15) is 6.42 Å². The number of hydrogen-bond acceptors (Lipinski definition) is 3. The van der Waals surface area contributed by atoms with Crippen molar-refractivity contribution in [3.8, 4) is 0 Å². The van der Waals surface area contributed by atoms with E-state index in [2.05, 4.69) is 20.7 Å². The van der Waals surface area contributed by atoms with Gasteiger partial charge in [-0.2, -0.15) is 0 Å². The largest absolute Gasteiger partial charge is 0.481 e. The van der Waals surface area contributed by atoms with E-state index in [1.165, 1.54) is 12.1 Å². The second-order valence-electron chi connectivity index (χ2n) is 4.25. The standard InChI is InChI=1S/C11H12BrNO4S/c12-8-1-3-9(4-2-8)18(16,17)13-6-7-5-10(7)11(14)15/h1-4,7,10,13H,5-6H2,(H,14,15)/t7-,10-/m1/s1. The first-order valence-corrected chi connectivity index (χ1v) is 7.66. The number of sulfonamides is 1. The minimum absolute atomic E-state index is 0.0901. The van der Waals surface area contributed by atoms with Gasteiger partial charge in [0, 0.05) is 11.0 Å². The predicted octanol–water partition coefficient (Wildman–Crippen LogP) is 1.45. The SMILES string of the molecule is O=C(O)[C@@H]1C[C@@H]1CNS(=O)(=O)c1ccc(Br)cc1. The zero-order valence-corrected chi connectivity index (χ0v) is 11.7. The van der Waals surface area contributed by atoms with Gasteiger partial charge >= 0.3 is 5.97 Å². The summed E-state index contributed by atoms with van der Waals surface area (Å²) in [5.74, 6) is -1.35. The summed E-state index contributed by atoms with van der Waals surface area (Å²) in [5, 5.41) is 8.72. The number of rotatable bonds is 5. The number of carboxylic acid groups (broad SMARTS) is 1. The molecule has 2 atom stereocenters. The molecule has 0 spiro atoms. The smallest absolute Gasteiger partial charge is 0.306 e. The van der Waals surface area contributed by atoms with Crippen molar-refractivity contribution in [1.82, 2.24) is 4.72 Å². The third-order valence-corrected chi connectivity index (χ3v) is 4.87. The zero-order chi connectivity index (χ0) is 13.3. The Hall–Kier alpha value is -0.920. The second kappa shape index (κ2) is 4.99. The van der Waals surface area contributed by atoms with Crippen LogP contribution in [-0.4, -0.2) is 26.0 Å². The van der Waals surface area contributed by atoms with Crippen molar-refractivity contribution >= 4 is 31.9 Å². The van der Waals surface area contributed by atoms with Crippen LogP contribution >= 0.6 is 15.9 Å². The monoisotopic (exact) mass is 333 g/mol. The number of aliphatic carboxylic acids is 1. The maximum absolute atomic E-state index is 11.9. The van der Waals surface area contributed by atoms with Gasteiger partial charge < -0.3 is 5.11 Å². The van der Waals surface area contributed by atoms with E-state index >= 15 is 0 Å². The molecule has 1 fully saturated rings. The van der Waals surface area contributed by atoms with Crippen molar-refractivity contribution in [2.24, 2.45) is 11.8 Å². The van der Waals surface area contributed by atoms with Crippen molar-refractivity contribution in [3.63, 3.8) is 0 Å². The van der Waals surface area contributed by atoms with Gasteiger partial charge in [0.2, 0.25) is 10.0 Å². The quantitative estimate of drug-likeness (QED) is 0.854. The van der Waals surface area contributed by atoms with Crippen LogP contribution in [0.4, 0.5) is 0 Å².